The molecular formula is C8H10N2O5S. The number of benzene rings is 1. The van der Waals surface area contributed by atoms with Crippen LogP contribution in [0.4, 0.5) is 11.4 Å². The van der Waals surface area contributed by atoms with Crippen molar-refractivity contribution in [2.45, 2.75) is 11.8 Å². The molecule has 0 saturated carbocycles. The fraction of sp³-hybridized carbons (Fsp3) is 0.125. The fourth-order valence-corrected chi connectivity index (χ4v) is 1.76. The number of nitrogen functional groups attached to an aromatic ring is 1. The number of phenolic OH excluding ortho intramolecular Hbond substituents is 1. The van der Waals surface area contributed by atoms with Crippen LogP contribution in [0.3, 0.4) is 0 Å². The maximum Gasteiger partial charge on any atom is 0.296 e. The van der Waals surface area contributed by atoms with Crippen LogP contribution in [0.2, 0.25) is 0 Å². The summed E-state index contributed by atoms with van der Waals surface area (Å²) >= 11 is 0. The van der Waals surface area contributed by atoms with Crippen molar-refractivity contribution in [3.8, 4) is 5.75 Å². The Morgan fingerprint density at radius 3 is 2.44 bits per heavy atom. The number of carbonyl (C=O) groups excluding carboxylic acids is 1. The van der Waals surface area contributed by atoms with Crippen molar-refractivity contribution >= 4 is 27.4 Å². The smallest absolute Gasteiger partial charge is 0.296 e. The number of rotatable bonds is 2. The molecule has 1 amide bonds. The molecule has 0 atom stereocenters. The molecule has 7 nitrogen and oxygen atoms in total. The van der Waals surface area contributed by atoms with Gasteiger partial charge in [-0.15, -0.1) is 0 Å². The van der Waals surface area contributed by atoms with Gasteiger partial charge in [0.15, 0.2) is 0 Å². The van der Waals surface area contributed by atoms with E-state index in [1.165, 1.54) is 6.92 Å². The molecule has 1 rings (SSSR count). The Hall–Kier alpha value is -1.80. The normalized spacial score (nSPS) is 11.1. The Balaban J connectivity index is 3.39. The average molecular weight is 246 g/mol. The number of amides is 1. The molecule has 0 aliphatic carbocycles. The van der Waals surface area contributed by atoms with E-state index in [9.17, 15) is 18.3 Å². The van der Waals surface area contributed by atoms with Crippen LogP contribution < -0.4 is 11.1 Å². The van der Waals surface area contributed by atoms with Gasteiger partial charge < -0.3 is 16.2 Å². The molecular weight excluding hydrogens is 236 g/mol. The Kier molecular flexibility index (Phi) is 3.06. The molecule has 0 aliphatic rings. The maximum absolute atomic E-state index is 10.9. The molecule has 0 fully saturated rings. The van der Waals surface area contributed by atoms with Crippen molar-refractivity contribution in [1.29, 1.82) is 0 Å². The topological polar surface area (TPSA) is 130 Å². The van der Waals surface area contributed by atoms with E-state index in [0.717, 1.165) is 12.1 Å². The summed E-state index contributed by atoms with van der Waals surface area (Å²) < 4.78 is 30.6. The molecule has 5 N–H and O–H groups in total. The Labute approximate surface area is 91.6 Å². The van der Waals surface area contributed by atoms with E-state index in [1.54, 1.807) is 0 Å². The molecule has 1 aromatic carbocycles. The van der Waals surface area contributed by atoms with Gasteiger partial charge in [0.2, 0.25) is 5.91 Å². The predicted octanol–water partition coefficient (Wildman–Crippen LogP) is 0.179. The number of carbonyl (C=O) groups is 1. The van der Waals surface area contributed by atoms with Crippen LogP contribution in [0, 0.1) is 0 Å². The van der Waals surface area contributed by atoms with Gasteiger partial charge in [0, 0.05) is 18.7 Å². The number of nitrogens with one attached hydrogen (secondary N) is 1. The summed E-state index contributed by atoms with van der Waals surface area (Å²) in [6, 6.07) is 2.03. The van der Waals surface area contributed by atoms with Crippen LogP contribution in [-0.2, 0) is 14.9 Å². The summed E-state index contributed by atoms with van der Waals surface area (Å²) in [6.45, 7) is 1.21. The molecule has 0 spiro atoms. The molecule has 0 radical (unpaired) electrons. The molecule has 0 aliphatic heterocycles. The molecule has 0 heterocycles. The highest BCUT2D eigenvalue weighted by atomic mass is 32.2. The van der Waals surface area contributed by atoms with Crippen LogP contribution in [0.5, 0.6) is 5.75 Å². The predicted molar refractivity (Wildman–Crippen MR) is 56.6 cm³/mol. The van der Waals surface area contributed by atoms with Crippen LogP contribution in [-0.4, -0.2) is 24.0 Å². The first-order chi connectivity index (χ1) is 7.21. The lowest BCUT2D eigenvalue weighted by molar-refractivity contribution is -0.114. The van der Waals surface area contributed by atoms with Crippen molar-refractivity contribution in [2.75, 3.05) is 11.1 Å². The molecule has 88 valence electrons. The summed E-state index contributed by atoms with van der Waals surface area (Å²) in [4.78, 5) is 10.1. The van der Waals surface area contributed by atoms with E-state index >= 15 is 0 Å². The maximum atomic E-state index is 10.9. The standard InChI is InChI=1S/C8H10N2O5S/c1-4(11)10-5-2-6(12)8(9)7(3-5)16(13,14)15/h2-3,12H,9H2,1H3,(H,10,11)(H,13,14,15). The monoisotopic (exact) mass is 246 g/mol. The zero-order chi connectivity index (χ0) is 12.5. The molecule has 0 saturated heterocycles. The molecule has 0 unspecified atom stereocenters. The number of nitrogens with two attached hydrogens (primary N) is 1. The van der Waals surface area contributed by atoms with Crippen molar-refractivity contribution < 1.29 is 22.9 Å². The third-order valence-corrected chi connectivity index (χ3v) is 2.61. The second-order valence-corrected chi connectivity index (χ2v) is 4.45. The number of anilines is 2. The minimum absolute atomic E-state index is 0.0202. The highest BCUT2D eigenvalue weighted by Gasteiger charge is 2.18. The van der Waals surface area contributed by atoms with Crippen LogP contribution in [0.25, 0.3) is 0 Å². The van der Waals surface area contributed by atoms with E-state index in [2.05, 4.69) is 5.32 Å². The van der Waals surface area contributed by atoms with Crippen LogP contribution >= 0.6 is 0 Å². The van der Waals surface area contributed by atoms with E-state index in [1.807, 2.05) is 0 Å². The summed E-state index contributed by atoms with van der Waals surface area (Å²) in [5.41, 5.74) is 4.81. The Morgan fingerprint density at radius 1 is 1.44 bits per heavy atom. The van der Waals surface area contributed by atoms with Crippen molar-refractivity contribution in [3.05, 3.63) is 12.1 Å². The van der Waals surface area contributed by atoms with Gasteiger partial charge in [-0.1, -0.05) is 0 Å². The first-order valence-electron chi connectivity index (χ1n) is 4.09. The first-order valence-corrected chi connectivity index (χ1v) is 5.53. The van der Waals surface area contributed by atoms with E-state index < -0.39 is 32.4 Å². The van der Waals surface area contributed by atoms with Crippen molar-refractivity contribution in [3.63, 3.8) is 0 Å². The minimum Gasteiger partial charge on any atom is -0.506 e. The first kappa shape index (κ1) is 12.3. The third kappa shape index (κ3) is 2.61. The highest BCUT2D eigenvalue weighted by Crippen LogP contribution is 2.31. The van der Waals surface area contributed by atoms with Gasteiger partial charge >= 0.3 is 0 Å². The zero-order valence-electron chi connectivity index (χ0n) is 8.26. The quantitative estimate of drug-likeness (QED) is 0.334. The second-order valence-electron chi connectivity index (χ2n) is 3.06. The molecule has 1 aromatic rings. The lowest BCUT2D eigenvalue weighted by Crippen LogP contribution is -2.09. The highest BCUT2D eigenvalue weighted by molar-refractivity contribution is 7.86. The van der Waals surface area contributed by atoms with E-state index in [0.29, 0.717) is 0 Å². The van der Waals surface area contributed by atoms with Gasteiger partial charge in [-0.25, -0.2) is 0 Å². The van der Waals surface area contributed by atoms with Crippen LogP contribution in [0.15, 0.2) is 17.0 Å². The summed E-state index contributed by atoms with van der Waals surface area (Å²) in [7, 11) is -4.55. The summed E-state index contributed by atoms with van der Waals surface area (Å²) in [5, 5.41) is 11.6. The summed E-state index contributed by atoms with van der Waals surface area (Å²) in [5.74, 6) is -0.996. The molecule has 0 bridgehead atoms. The Morgan fingerprint density at radius 2 is 2.00 bits per heavy atom. The van der Waals surface area contributed by atoms with E-state index in [-0.39, 0.29) is 5.69 Å². The lowest BCUT2D eigenvalue weighted by Gasteiger charge is -2.08. The lowest BCUT2D eigenvalue weighted by atomic mass is 10.2. The molecule has 16 heavy (non-hydrogen) atoms. The molecule has 0 aromatic heterocycles. The summed E-state index contributed by atoms with van der Waals surface area (Å²) in [6.07, 6.45) is 0. The number of hydrogen-bond acceptors (Lipinski definition) is 5. The number of aromatic hydroxyl groups is 1. The SMILES string of the molecule is CC(=O)Nc1cc(O)c(N)c(S(=O)(=O)O)c1. The van der Waals surface area contributed by atoms with Crippen LogP contribution in [0.1, 0.15) is 6.92 Å². The zero-order valence-corrected chi connectivity index (χ0v) is 9.08. The number of hydrogen-bond donors (Lipinski definition) is 4. The van der Waals surface area contributed by atoms with Gasteiger partial charge in [0.1, 0.15) is 10.6 Å². The van der Waals surface area contributed by atoms with Gasteiger partial charge in [0.05, 0.1) is 5.69 Å². The van der Waals surface area contributed by atoms with Gasteiger partial charge in [-0.2, -0.15) is 8.42 Å². The average Bonchev–Trinajstić information content (AvgIpc) is 2.08. The van der Waals surface area contributed by atoms with Crippen molar-refractivity contribution in [1.82, 2.24) is 0 Å². The third-order valence-electron chi connectivity index (χ3n) is 1.72. The largest absolute Gasteiger partial charge is 0.506 e. The fourth-order valence-electron chi connectivity index (χ4n) is 1.10. The van der Waals surface area contributed by atoms with Gasteiger partial charge in [-0.05, 0) is 6.07 Å². The van der Waals surface area contributed by atoms with Gasteiger partial charge in [-0.3, -0.25) is 9.35 Å². The van der Waals surface area contributed by atoms with E-state index in [4.69, 9.17) is 10.3 Å². The second kappa shape index (κ2) is 3.99. The minimum atomic E-state index is -4.55. The number of phenols is 1. The Bertz CT molecular complexity index is 538. The molecule has 8 heteroatoms. The van der Waals surface area contributed by atoms with Gasteiger partial charge in [0.25, 0.3) is 10.1 Å². The van der Waals surface area contributed by atoms with Crippen molar-refractivity contribution in [2.24, 2.45) is 0 Å².